The molecule has 0 unspecified atom stereocenters. The fourth-order valence-electron chi connectivity index (χ4n) is 1.58. The number of amides is 1. The van der Waals surface area contributed by atoms with Crippen LogP contribution in [-0.2, 0) is 0 Å². The van der Waals surface area contributed by atoms with Gasteiger partial charge in [0.15, 0.2) is 0 Å². The van der Waals surface area contributed by atoms with E-state index in [-0.39, 0.29) is 11.1 Å². The molecule has 2 N–H and O–H groups in total. The maximum Gasteiger partial charge on any atom is 0.335 e. The summed E-state index contributed by atoms with van der Waals surface area (Å²) in [5.74, 6) is -2.14. The molecule has 2 aromatic carbocycles. The zero-order valence-electron chi connectivity index (χ0n) is 10.1. The molecule has 0 aliphatic heterocycles. The van der Waals surface area contributed by atoms with Crippen LogP contribution in [-0.4, -0.2) is 17.0 Å². The molecule has 0 heterocycles. The second-order valence-corrected chi connectivity index (χ2v) is 4.82. The lowest BCUT2D eigenvalue weighted by atomic mass is 10.1. The highest BCUT2D eigenvalue weighted by Crippen LogP contribution is 2.24. The van der Waals surface area contributed by atoms with E-state index in [1.165, 1.54) is 36.4 Å². The maximum absolute atomic E-state index is 13.0. The van der Waals surface area contributed by atoms with Gasteiger partial charge in [0.2, 0.25) is 0 Å². The summed E-state index contributed by atoms with van der Waals surface area (Å²) in [5.41, 5.74) is 0.500. The van der Waals surface area contributed by atoms with Gasteiger partial charge in [-0.05, 0) is 52.3 Å². The Balaban J connectivity index is 2.27. The highest BCUT2D eigenvalue weighted by molar-refractivity contribution is 9.10. The number of anilines is 1. The largest absolute Gasteiger partial charge is 0.478 e. The lowest BCUT2D eigenvalue weighted by molar-refractivity contribution is 0.0696. The molecule has 4 nitrogen and oxygen atoms in total. The Kier molecular flexibility index (Phi) is 4.14. The lowest BCUT2D eigenvalue weighted by Gasteiger charge is -2.08. The third-order valence-electron chi connectivity index (χ3n) is 2.55. The first kappa shape index (κ1) is 14.2. The van der Waals surface area contributed by atoms with E-state index < -0.39 is 17.7 Å². The highest BCUT2D eigenvalue weighted by atomic mass is 79.9. The molecule has 0 atom stereocenters. The van der Waals surface area contributed by atoms with Crippen LogP contribution < -0.4 is 5.32 Å². The smallest absolute Gasteiger partial charge is 0.335 e. The van der Waals surface area contributed by atoms with E-state index in [2.05, 4.69) is 21.2 Å². The van der Waals surface area contributed by atoms with Crippen molar-refractivity contribution < 1.29 is 19.1 Å². The third kappa shape index (κ3) is 3.21. The van der Waals surface area contributed by atoms with Crippen LogP contribution in [0.25, 0.3) is 0 Å². The molecule has 0 spiro atoms. The summed E-state index contributed by atoms with van der Waals surface area (Å²) in [4.78, 5) is 22.8. The van der Waals surface area contributed by atoms with Gasteiger partial charge in [-0.25, -0.2) is 9.18 Å². The summed E-state index contributed by atoms with van der Waals surface area (Å²) in [6.07, 6.45) is 0. The van der Waals surface area contributed by atoms with Crippen molar-refractivity contribution in [3.63, 3.8) is 0 Å². The molecule has 0 saturated heterocycles. The summed E-state index contributed by atoms with van der Waals surface area (Å²) in [7, 11) is 0. The predicted molar refractivity (Wildman–Crippen MR) is 75.5 cm³/mol. The zero-order valence-corrected chi connectivity index (χ0v) is 11.6. The van der Waals surface area contributed by atoms with Gasteiger partial charge < -0.3 is 10.4 Å². The molecular weight excluding hydrogens is 329 g/mol. The van der Waals surface area contributed by atoms with Gasteiger partial charge >= 0.3 is 5.97 Å². The quantitative estimate of drug-likeness (QED) is 0.900. The molecule has 0 aliphatic rings. The van der Waals surface area contributed by atoms with Gasteiger partial charge in [-0.15, -0.1) is 0 Å². The monoisotopic (exact) mass is 337 g/mol. The van der Waals surface area contributed by atoms with Crippen molar-refractivity contribution in [2.45, 2.75) is 0 Å². The fourth-order valence-corrected chi connectivity index (χ4v) is 1.92. The van der Waals surface area contributed by atoms with Gasteiger partial charge in [0, 0.05) is 10.0 Å². The molecule has 0 aliphatic carbocycles. The molecule has 102 valence electrons. The van der Waals surface area contributed by atoms with Crippen LogP contribution in [0.3, 0.4) is 0 Å². The number of benzene rings is 2. The average Bonchev–Trinajstić information content (AvgIpc) is 2.41. The summed E-state index contributed by atoms with van der Waals surface area (Å²) in [6, 6.07) is 9.47. The molecule has 0 bridgehead atoms. The van der Waals surface area contributed by atoms with Crippen LogP contribution in [0.4, 0.5) is 10.1 Å². The summed E-state index contributed by atoms with van der Waals surface area (Å²) < 4.78 is 13.6. The predicted octanol–water partition coefficient (Wildman–Crippen LogP) is 3.54. The molecule has 20 heavy (non-hydrogen) atoms. The normalized spacial score (nSPS) is 10.1. The molecule has 2 aromatic rings. The Labute approximate surface area is 122 Å². The standard InChI is InChI=1S/C14H9BrFNO3/c15-11-5-4-9(14(19)20)7-12(11)17-13(18)8-2-1-3-10(16)6-8/h1-7H,(H,17,18)(H,19,20). The van der Waals surface area contributed by atoms with E-state index in [9.17, 15) is 14.0 Å². The van der Waals surface area contributed by atoms with Crippen molar-refractivity contribution in [2.75, 3.05) is 5.32 Å². The van der Waals surface area contributed by atoms with Gasteiger partial charge in [-0.3, -0.25) is 4.79 Å². The minimum atomic E-state index is -1.10. The van der Waals surface area contributed by atoms with E-state index in [1.807, 2.05) is 0 Å². The van der Waals surface area contributed by atoms with Gasteiger partial charge in [-0.1, -0.05) is 6.07 Å². The first-order valence-electron chi connectivity index (χ1n) is 5.57. The molecule has 0 aromatic heterocycles. The molecule has 1 amide bonds. The van der Waals surface area contributed by atoms with E-state index in [0.29, 0.717) is 10.2 Å². The number of carbonyl (C=O) groups is 2. The van der Waals surface area contributed by atoms with Gasteiger partial charge in [0.25, 0.3) is 5.91 Å². The summed E-state index contributed by atoms with van der Waals surface area (Å²) in [6.45, 7) is 0. The van der Waals surface area contributed by atoms with Crippen molar-refractivity contribution in [1.29, 1.82) is 0 Å². The average molecular weight is 338 g/mol. The van der Waals surface area contributed by atoms with Crippen LogP contribution in [0.2, 0.25) is 0 Å². The number of aromatic carboxylic acids is 1. The number of halogens is 2. The minimum absolute atomic E-state index is 0.0442. The van der Waals surface area contributed by atoms with E-state index in [0.717, 1.165) is 6.07 Å². The number of nitrogens with one attached hydrogen (secondary N) is 1. The lowest BCUT2D eigenvalue weighted by Crippen LogP contribution is -2.13. The molecular formula is C14H9BrFNO3. The zero-order chi connectivity index (χ0) is 14.7. The molecule has 0 fully saturated rings. The van der Waals surface area contributed by atoms with Crippen molar-refractivity contribution in [2.24, 2.45) is 0 Å². The van der Waals surface area contributed by atoms with Gasteiger partial charge in [0.05, 0.1) is 11.3 Å². The van der Waals surface area contributed by atoms with Crippen molar-refractivity contribution in [3.8, 4) is 0 Å². The van der Waals surface area contributed by atoms with Crippen LogP contribution in [0, 0.1) is 5.82 Å². The Morgan fingerprint density at radius 3 is 2.50 bits per heavy atom. The Hall–Kier alpha value is -2.21. The van der Waals surface area contributed by atoms with Gasteiger partial charge in [0.1, 0.15) is 5.82 Å². The van der Waals surface area contributed by atoms with Crippen LogP contribution in [0.5, 0.6) is 0 Å². The molecule has 0 radical (unpaired) electrons. The van der Waals surface area contributed by atoms with Crippen molar-refractivity contribution in [3.05, 3.63) is 63.9 Å². The van der Waals surface area contributed by atoms with Crippen LogP contribution in [0.1, 0.15) is 20.7 Å². The Morgan fingerprint density at radius 2 is 1.85 bits per heavy atom. The molecule has 6 heteroatoms. The van der Waals surface area contributed by atoms with E-state index in [4.69, 9.17) is 5.11 Å². The fraction of sp³-hybridized carbons (Fsp3) is 0. The first-order valence-corrected chi connectivity index (χ1v) is 6.36. The van der Waals surface area contributed by atoms with Crippen molar-refractivity contribution >= 4 is 33.5 Å². The Morgan fingerprint density at radius 1 is 1.10 bits per heavy atom. The number of hydrogen-bond acceptors (Lipinski definition) is 2. The van der Waals surface area contributed by atoms with Gasteiger partial charge in [-0.2, -0.15) is 0 Å². The number of hydrogen-bond donors (Lipinski definition) is 2. The third-order valence-corrected chi connectivity index (χ3v) is 3.24. The van der Waals surface area contributed by atoms with Crippen molar-refractivity contribution in [1.82, 2.24) is 0 Å². The topological polar surface area (TPSA) is 66.4 Å². The van der Waals surface area contributed by atoms with Crippen LogP contribution >= 0.6 is 15.9 Å². The summed E-state index contributed by atoms with van der Waals surface area (Å²) in [5, 5.41) is 11.4. The maximum atomic E-state index is 13.0. The first-order chi connectivity index (χ1) is 9.47. The number of carboxylic acids is 1. The Bertz CT molecular complexity index is 688. The highest BCUT2D eigenvalue weighted by Gasteiger charge is 2.11. The number of carbonyl (C=O) groups excluding carboxylic acids is 1. The van der Waals surface area contributed by atoms with Crippen LogP contribution in [0.15, 0.2) is 46.9 Å². The van der Waals surface area contributed by atoms with E-state index in [1.54, 1.807) is 0 Å². The SMILES string of the molecule is O=C(O)c1ccc(Br)c(NC(=O)c2cccc(F)c2)c1. The second-order valence-electron chi connectivity index (χ2n) is 3.96. The molecule has 2 rings (SSSR count). The number of rotatable bonds is 3. The number of carboxylic acid groups (broad SMARTS) is 1. The molecule has 0 saturated carbocycles. The minimum Gasteiger partial charge on any atom is -0.478 e. The van der Waals surface area contributed by atoms with E-state index >= 15 is 0 Å². The summed E-state index contributed by atoms with van der Waals surface area (Å²) >= 11 is 3.21. The second kappa shape index (κ2) is 5.83.